The molecule has 0 bridgehead atoms. The maximum atomic E-state index is 12.1. The minimum atomic E-state index is 0.0295. The molecule has 0 aliphatic heterocycles. The van der Waals surface area contributed by atoms with Gasteiger partial charge >= 0.3 is 0 Å². The fraction of sp³-hybridized carbons (Fsp3) is 0.357. The van der Waals surface area contributed by atoms with Crippen LogP contribution in [0.4, 0.5) is 0 Å². The minimum Gasteiger partial charge on any atom is -0.494 e. The van der Waals surface area contributed by atoms with E-state index in [9.17, 15) is 4.79 Å². The molecule has 0 spiro atoms. The Bertz CT molecular complexity index is 428. The second-order valence-corrected chi connectivity index (χ2v) is 5.84. The Morgan fingerprint density at radius 2 is 2.17 bits per heavy atom. The number of carbonyl (C=O) groups is 1. The van der Waals surface area contributed by atoms with Crippen LogP contribution in [-0.4, -0.2) is 24.4 Å². The zero-order chi connectivity index (χ0) is 13.4. The monoisotopic (exact) mass is 282 g/mol. The number of rotatable bonds is 7. The van der Waals surface area contributed by atoms with E-state index >= 15 is 0 Å². The molecule has 0 fully saturated rings. The molecular formula is C14H18O2S2. The van der Waals surface area contributed by atoms with Crippen molar-refractivity contribution in [1.29, 1.82) is 0 Å². The predicted octanol–water partition coefficient (Wildman–Crippen LogP) is 4.23. The molecule has 4 heteroatoms. The van der Waals surface area contributed by atoms with E-state index in [4.69, 9.17) is 4.74 Å². The zero-order valence-electron chi connectivity index (χ0n) is 10.9. The first-order valence-electron chi connectivity index (χ1n) is 5.87. The number of ether oxygens (including phenoxy) is 1. The highest BCUT2D eigenvalue weighted by Crippen LogP contribution is 2.26. The molecule has 0 saturated carbocycles. The molecule has 1 rings (SSSR count). The SMILES string of the molecule is CCOc1cccc(C(=O)/C=C(\SC)SCC)c1. The van der Waals surface area contributed by atoms with Gasteiger partial charge in [0.1, 0.15) is 5.75 Å². The molecule has 98 valence electrons. The van der Waals surface area contributed by atoms with Gasteiger partial charge in [0.15, 0.2) is 5.78 Å². The molecule has 0 aromatic heterocycles. The van der Waals surface area contributed by atoms with Gasteiger partial charge in [0.25, 0.3) is 0 Å². The Kier molecular flexibility index (Phi) is 6.98. The van der Waals surface area contributed by atoms with Crippen LogP contribution in [0.2, 0.25) is 0 Å². The van der Waals surface area contributed by atoms with Crippen molar-refractivity contribution < 1.29 is 9.53 Å². The first-order valence-corrected chi connectivity index (χ1v) is 8.08. The highest BCUT2D eigenvalue weighted by Gasteiger charge is 2.06. The van der Waals surface area contributed by atoms with Gasteiger partial charge in [0.2, 0.25) is 0 Å². The third-order valence-corrected chi connectivity index (χ3v) is 4.23. The summed E-state index contributed by atoms with van der Waals surface area (Å²) in [6.07, 6.45) is 3.68. The highest BCUT2D eigenvalue weighted by molar-refractivity contribution is 8.22. The van der Waals surface area contributed by atoms with Crippen molar-refractivity contribution in [3.05, 3.63) is 40.1 Å². The lowest BCUT2D eigenvalue weighted by molar-refractivity contribution is 0.104. The summed E-state index contributed by atoms with van der Waals surface area (Å²) in [7, 11) is 0. The van der Waals surface area contributed by atoms with Gasteiger partial charge in [-0.25, -0.2) is 0 Å². The van der Waals surface area contributed by atoms with Crippen LogP contribution in [0.3, 0.4) is 0 Å². The number of hydrogen-bond acceptors (Lipinski definition) is 4. The van der Waals surface area contributed by atoms with Crippen LogP contribution >= 0.6 is 23.5 Å². The standard InChI is InChI=1S/C14H18O2S2/c1-4-16-12-8-6-7-11(9-12)13(15)10-14(17-3)18-5-2/h6-10H,4-5H2,1-3H3/b14-10+. The Hall–Kier alpha value is -0.870. The summed E-state index contributed by atoms with van der Waals surface area (Å²) in [5.41, 5.74) is 0.671. The predicted molar refractivity (Wildman–Crippen MR) is 81.7 cm³/mol. The van der Waals surface area contributed by atoms with E-state index in [0.717, 1.165) is 15.7 Å². The van der Waals surface area contributed by atoms with Gasteiger partial charge in [0.05, 0.1) is 6.61 Å². The number of allylic oxidation sites excluding steroid dienone is 1. The normalized spacial score (nSPS) is 11.4. The van der Waals surface area contributed by atoms with E-state index in [1.54, 1.807) is 35.7 Å². The largest absolute Gasteiger partial charge is 0.494 e. The molecule has 0 unspecified atom stereocenters. The molecule has 0 saturated heterocycles. The molecule has 0 N–H and O–H groups in total. The van der Waals surface area contributed by atoms with Crippen LogP contribution in [0.1, 0.15) is 24.2 Å². The topological polar surface area (TPSA) is 26.3 Å². The first-order chi connectivity index (χ1) is 8.71. The maximum Gasteiger partial charge on any atom is 0.187 e. The molecule has 1 aromatic carbocycles. The van der Waals surface area contributed by atoms with Crippen molar-refractivity contribution in [2.45, 2.75) is 13.8 Å². The van der Waals surface area contributed by atoms with E-state index in [1.165, 1.54) is 0 Å². The number of thioether (sulfide) groups is 2. The van der Waals surface area contributed by atoms with Gasteiger partial charge < -0.3 is 4.74 Å². The Morgan fingerprint density at radius 1 is 1.39 bits per heavy atom. The smallest absolute Gasteiger partial charge is 0.187 e. The molecule has 0 aliphatic rings. The molecule has 1 aromatic rings. The van der Waals surface area contributed by atoms with Crippen LogP contribution in [0.5, 0.6) is 5.75 Å². The second kappa shape index (κ2) is 8.27. The summed E-state index contributed by atoms with van der Waals surface area (Å²) < 4.78 is 6.44. The summed E-state index contributed by atoms with van der Waals surface area (Å²) in [4.78, 5) is 12.1. The van der Waals surface area contributed by atoms with E-state index in [1.807, 2.05) is 31.4 Å². The van der Waals surface area contributed by atoms with Crippen molar-refractivity contribution in [3.8, 4) is 5.75 Å². The van der Waals surface area contributed by atoms with E-state index in [0.29, 0.717) is 12.2 Å². The second-order valence-electron chi connectivity index (χ2n) is 3.43. The zero-order valence-corrected chi connectivity index (χ0v) is 12.6. The fourth-order valence-corrected chi connectivity index (χ4v) is 2.92. The number of ketones is 1. The summed E-state index contributed by atoms with van der Waals surface area (Å²) in [5, 5.41) is 0. The van der Waals surface area contributed by atoms with Crippen molar-refractivity contribution in [2.75, 3.05) is 18.6 Å². The number of benzene rings is 1. The fourth-order valence-electron chi connectivity index (χ4n) is 1.40. The minimum absolute atomic E-state index is 0.0295. The summed E-state index contributed by atoms with van der Waals surface area (Å²) >= 11 is 3.29. The molecule has 0 radical (unpaired) electrons. The third kappa shape index (κ3) is 4.78. The average molecular weight is 282 g/mol. The molecule has 0 atom stereocenters. The Balaban J connectivity index is 2.85. The van der Waals surface area contributed by atoms with Gasteiger partial charge in [-0.3, -0.25) is 4.79 Å². The summed E-state index contributed by atoms with van der Waals surface area (Å²) in [6, 6.07) is 7.31. The first kappa shape index (κ1) is 15.2. The van der Waals surface area contributed by atoms with E-state index in [2.05, 4.69) is 6.92 Å². The van der Waals surface area contributed by atoms with Gasteiger partial charge in [-0.15, -0.1) is 23.5 Å². The van der Waals surface area contributed by atoms with Gasteiger partial charge in [-0.05, 0) is 31.1 Å². The Morgan fingerprint density at radius 3 is 2.78 bits per heavy atom. The molecular weight excluding hydrogens is 264 g/mol. The van der Waals surface area contributed by atoms with Crippen LogP contribution in [0, 0.1) is 0 Å². The summed E-state index contributed by atoms with van der Waals surface area (Å²) in [5.74, 6) is 1.74. The van der Waals surface area contributed by atoms with Crippen LogP contribution in [0.25, 0.3) is 0 Å². The molecule has 0 aliphatic carbocycles. The highest BCUT2D eigenvalue weighted by atomic mass is 32.2. The summed E-state index contributed by atoms with van der Waals surface area (Å²) in [6.45, 7) is 4.61. The lowest BCUT2D eigenvalue weighted by Crippen LogP contribution is -1.97. The average Bonchev–Trinajstić information content (AvgIpc) is 2.39. The van der Waals surface area contributed by atoms with Gasteiger partial charge in [-0.1, -0.05) is 19.1 Å². The van der Waals surface area contributed by atoms with Crippen molar-refractivity contribution in [3.63, 3.8) is 0 Å². The third-order valence-electron chi connectivity index (χ3n) is 2.17. The van der Waals surface area contributed by atoms with Crippen LogP contribution < -0.4 is 4.74 Å². The van der Waals surface area contributed by atoms with Crippen LogP contribution in [-0.2, 0) is 0 Å². The molecule has 18 heavy (non-hydrogen) atoms. The quantitative estimate of drug-likeness (QED) is 0.552. The van der Waals surface area contributed by atoms with Crippen LogP contribution in [0.15, 0.2) is 34.6 Å². The van der Waals surface area contributed by atoms with E-state index < -0.39 is 0 Å². The van der Waals surface area contributed by atoms with Crippen molar-refractivity contribution in [2.24, 2.45) is 0 Å². The molecule has 0 amide bonds. The lowest BCUT2D eigenvalue weighted by Gasteiger charge is -2.05. The number of carbonyl (C=O) groups excluding carboxylic acids is 1. The Labute approximate surface area is 117 Å². The maximum absolute atomic E-state index is 12.1. The molecule has 0 heterocycles. The van der Waals surface area contributed by atoms with Gasteiger partial charge in [0, 0.05) is 15.9 Å². The van der Waals surface area contributed by atoms with Crippen molar-refractivity contribution in [1.82, 2.24) is 0 Å². The van der Waals surface area contributed by atoms with Gasteiger partial charge in [-0.2, -0.15) is 0 Å². The number of hydrogen-bond donors (Lipinski definition) is 0. The molecule has 2 nitrogen and oxygen atoms in total. The van der Waals surface area contributed by atoms with E-state index in [-0.39, 0.29) is 5.78 Å². The van der Waals surface area contributed by atoms with Crippen molar-refractivity contribution >= 4 is 29.3 Å². The lowest BCUT2D eigenvalue weighted by atomic mass is 10.1.